The highest BCUT2D eigenvalue weighted by atomic mass is 16.5. The first-order valence-electron chi connectivity index (χ1n) is 7.91. The van der Waals surface area contributed by atoms with Crippen molar-refractivity contribution < 1.29 is 9.53 Å². The Kier molecular flexibility index (Phi) is 4.88. The number of aromatic nitrogens is 1. The van der Waals surface area contributed by atoms with Crippen molar-refractivity contribution in [1.29, 1.82) is 0 Å². The van der Waals surface area contributed by atoms with Crippen LogP contribution in [0.25, 0.3) is 0 Å². The highest BCUT2D eigenvalue weighted by Crippen LogP contribution is 2.22. The maximum absolute atomic E-state index is 12.7. The molecule has 5 heteroatoms. The Balaban J connectivity index is 1.72. The van der Waals surface area contributed by atoms with Crippen molar-refractivity contribution in [2.24, 2.45) is 0 Å². The number of rotatable bonds is 4. The van der Waals surface area contributed by atoms with E-state index in [2.05, 4.69) is 10.3 Å². The average Bonchev–Trinajstić information content (AvgIpc) is 2.62. The summed E-state index contributed by atoms with van der Waals surface area (Å²) in [6, 6.07) is 11.3. The normalized spacial score (nSPS) is 17.8. The molecule has 0 bridgehead atoms. The Bertz CT molecular complexity index is 660. The summed E-state index contributed by atoms with van der Waals surface area (Å²) >= 11 is 0. The molecule has 1 atom stereocenters. The lowest BCUT2D eigenvalue weighted by Gasteiger charge is -2.32. The largest absolute Gasteiger partial charge is 0.457 e. The molecule has 3 rings (SSSR count). The molecule has 1 aliphatic rings. The van der Waals surface area contributed by atoms with Gasteiger partial charge < -0.3 is 15.0 Å². The summed E-state index contributed by atoms with van der Waals surface area (Å²) in [5, 5.41) is 3.26. The lowest BCUT2D eigenvalue weighted by molar-refractivity contribution is 0.0698. The smallest absolute Gasteiger partial charge is 0.254 e. The Morgan fingerprint density at radius 3 is 2.87 bits per heavy atom. The molecule has 0 unspecified atom stereocenters. The monoisotopic (exact) mass is 311 g/mol. The molecule has 1 N–H and O–H groups in total. The number of ether oxygens (including phenoxy) is 1. The Morgan fingerprint density at radius 1 is 1.26 bits per heavy atom. The first-order valence-corrected chi connectivity index (χ1v) is 7.91. The van der Waals surface area contributed by atoms with Crippen LogP contribution in [-0.2, 0) is 0 Å². The van der Waals surface area contributed by atoms with Crippen LogP contribution >= 0.6 is 0 Å². The molecule has 0 radical (unpaired) electrons. The zero-order valence-corrected chi connectivity index (χ0v) is 13.2. The molecular formula is C18H21N3O2. The predicted octanol–water partition coefficient (Wildman–Crippen LogP) is 2.70. The molecule has 2 heterocycles. The molecule has 120 valence electrons. The van der Waals surface area contributed by atoms with Gasteiger partial charge in [0.2, 0.25) is 0 Å². The summed E-state index contributed by atoms with van der Waals surface area (Å²) in [6.07, 6.45) is 5.50. The van der Waals surface area contributed by atoms with Crippen LogP contribution in [0.4, 0.5) is 0 Å². The van der Waals surface area contributed by atoms with Gasteiger partial charge in [-0.25, -0.2) is 0 Å². The maximum atomic E-state index is 12.7. The summed E-state index contributed by atoms with van der Waals surface area (Å²) in [4.78, 5) is 18.6. The van der Waals surface area contributed by atoms with E-state index in [-0.39, 0.29) is 5.91 Å². The fourth-order valence-corrected chi connectivity index (χ4v) is 2.81. The van der Waals surface area contributed by atoms with E-state index < -0.39 is 0 Å². The molecule has 0 spiro atoms. The molecule has 1 amide bonds. The standard InChI is InChI=1S/C18H21N3O2/c1-19-15-5-3-11-21(13-15)18(22)14-4-2-6-17(12-14)23-16-7-9-20-10-8-16/h2,4,6-10,12,15,19H,3,5,11,13H2,1H3/t15-/m1/s1. The number of carbonyl (C=O) groups is 1. The van der Waals surface area contributed by atoms with Crippen LogP contribution in [0.5, 0.6) is 11.5 Å². The first kappa shape index (κ1) is 15.5. The van der Waals surface area contributed by atoms with E-state index >= 15 is 0 Å². The van der Waals surface area contributed by atoms with Gasteiger partial charge in [0.05, 0.1) is 0 Å². The molecular weight excluding hydrogens is 290 g/mol. The molecule has 1 aromatic carbocycles. The number of carbonyl (C=O) groups excluding carboxylic acids is 1. The molecule has 1 aromatic heterocycles. The van der Waals surface area contributed by atoms with Gasteiger partial charge in [-0.3, -0.25) is 9.78 Å². The number of piperidine rings is 1. The third-order valence-corrected chi connectivity index (χ3v) is 4.08. The van der Waals surface area contributed by atoms with Crippen LogP contribution in [0.1, 0.15) is 23.2 Å². The highest BCUT2D eigenvalue weighted by molar-refractivity contribution is 5.94. The second-order valence-corrected chi connectivity index (χ2v) is 5.69. The number of amides is 1. The molecule has 1 aliphatic heterocycles. The minimum absolute atomic E-state index is 0.0603. The third-order valence-electron chi connectivity index (χ3n) is 4.08. The van der Waals surface area contributed by atoms with Gasteiger partial charge in [-0.05, 0) is 50.2 Å². The zero-order valence-electron chi connectivity index (χ0n) is 13.2. The lowest BCUT2D eigenvalue weighted by atomic mass is 10.0. The second-order valence-electron chi connectivity index (χ2n) is 5.69. The van der Waals surface area contributed by atoms with Gasteiger partial charge in [0.25, 0.3) is 5.91 Å². The van der Waals surface area contributed by atoms with Gasteiger partial charge >= 0.3 is 0 Å². The fraction of sp³-hybridized carbons (Fsp3) is 0.333. The van der Waals surface area contributed by atoms with Crippen molar-refractivity contribution >= 4 is 5.91 Å². The molecule has 5 nitrogen and oxygen atoms in total. The van der Waals surface area contributed by atoms with Crippen molar-refractivity contribution in [2.75, 3.05) is 20.1 Å². The van der Waals surface area contributed by atoms with Gasteiger partial charge in [-0.15, -0.1) is 0 Å². The average molecular weight is 311 g/mol. The van der Waals surface area contributed by atoms with Gasteiger partial charge in [-0.2, -0.15) is 0 Å². The van der Waals surface area contributed by atoms with E-state index in [0.29, 0.717) is 23.1 Å². The molecule has 2 aromatic rings. The van der Waals surface area contributed by atoms with Crippen molar-refractivity contribution in [1.82, 2.24) is 15.2 Å². The van der Waals surface area contributed by atoms with Crippen LogP contribution in [0, 0.1) is 0 Å². The number of nitrogens with zero attached hydrogens (tertiary/aromatic N) is 2. The van der Waals surface area contributed by atoms with Crippen LogP contribution in [0.15, 0.2) is 48.8 Å². The molecule has 1 fully saturated rings. The van der Waals surface area contributed by atoms with E-state index in [4.69, 9.17) is 4.74 Å². The number of likely N-dealkylation sites (N-methyl/N-ethyl adjacent to an activating group) is 1. The van der Waals surface area contributed by atoms with Gasteiger partial charge in [0.15, 0.2) is 0 Å². The molecule has 1 saturated heterocycles. The summed E-state index contributed by atoms with van der Waals surface area (Å²) in [7, 11) is 1.95. The zero-order chi connectivity index (χ0) is 16.1. The minimum Gasteiger partial charge on any atom is -0.457 e. The number of likely N-dealkylation sites (tertiary alicyclic amines) is 1. The fourth-order valence-electron chi connectivity index (χ4n) is 2.81. The van der Waals surface area contributed by atoms with Crippen LogP contribution in [0.3, 0.4) is 0 Å². The Hall–Kier alpha value is -2.40. The van der Waals surface area contributed by atoms with E-state index in [9.17, 15) is 4.79 Å². The van der Waals surface area contributed by atoms with Crippen molar-refractivity contribution in [2.45, 2.75) is 18.9 Å². The van der Waals surface area contributed by atoms with E-state index in [0.717, 1.165) is 25.9 Å². The van der Waals surface area contributed by atoms with Crippen LogP contribution < -0.4 is 10.1 Å². The summed E-state index contributed by atoms with van der Waals surface area (Å²) in [6.45, 7) is 1.57. The van der Waals surface area contributed by atoms with Gasteiger partial charge in [-0.1, -0.05) is 6.07 Å². The van der Waals surface area contributed by atoms with Crippen molar-refractivity contribution in [3.05, 3.63) is 54.4 Å². The van der Waals surface area contributed by atoms with Gasteiger partial charge in [0, 0.05) is 37.1 Å². The lowest BCUT2D eigenvalue weighted by Crippen LogP contribution is -2.46. The van der Waals surface area contributed by atoms with Crippen LogP contribution in [-0.4, -0.2) is 42.0 Å². The quantitative estimate of drug-likeness (QED) is 0.943. The predicted molar refractivity (Wildman–Crippen MR) is 88.7 cm³/mol. The maximum Gasteiger partial charge on any atom is 0.254 e. The Labute approximate surface area is 136 Å². The minimum atomic E-state index is 0.0603. The van der Waals surface area contributed by atoms with E-state index in [1.165, 1.54) is 0 Å². The third kappa shape index (κ3) is 3.87. The summed E-state index contributed by atoms with van der Waals surface area (Å²) < 4.78 is 5.78. The van der Waals surface area contributed by atoms with Crippen molar-refractivity contribution in [3.8, 4) is 11.5 Å². The topological polar surface area (TPSA) is 54.5 Å². The Morgan fingerprint density at radius 2 is 2.09 bits per heavy atom. The summed E-state index contributed by atoms with van der Waals surface area (Å²) in [5.74, 6) is 1.42. The molecule has 23 heavy (non-hydrogen) atoms. The van der Waals surface area contributed by atoms with Crippen LogP contribution in [0.2, 0.25) is 0 Å². The number of hydrogen-bond acceptors (Lipinski definition) is 4. The highest BCUT2D eigenvalue weighted by Gasteiger charge is 2.23. The number of hydrogen-bond donors (Lipinski definition) is 1. The SMILES string of the molecule is CN[C@@H]1CCCN(C(=O)c2cccc(Oc3ccncc3)c2)C1. The first-order chi connectivity index (χ1) is 11.3. The van der Waals surface area contributed by atoms with E-state index in [1.54, 1.807) is 30.6 Å². The molecule has 0 aliphatic carbocycles. The number of nitrogens with one attached hydrogen (secondary N) is 1. The number of pyridine rings is 1. The molecule has 0 saturated carbocycles. The number of benzene rings is 1. The van der Waals surface area contributed by atoms with Gasteiger partial charge in [0.1, 0.15) is 11.5 Å². The summed E-state index contributed by atoms with van der Waals surface area (Å²) in [5.41, 5.74) is 0.660. The van der Waals surface area contributed by atoms with Crippen molar-refractivity contribution in [3.63, 3.8) is 0 Å². The van der Waals surface area contributed by atoms with E-state index in [1.807, 2.05) is 30.1 Å². The second kappa shape index (κ2) is 7.24.